The lowest BCUT2D eigenvalue weighted by molar-refractivity contribution is -0.139. The van der Waals surface area contributed by atoms with Crippen molar-refractivity contribution in [3.05, 3.63) is 17.7 Å². The minimum Gasteiger partial charge on any atom is -0.481 e. The lowest BCUT2D eigenvalue weighted by atomic mass is 9.95. The van der Waals surface area contributed by atoms with Gasteiger partial charge in [0, 0.05) is 46.0 Å². The number of fused-ring (bicyclic) bond motifs is 1. The van der Waals surface area contributed by atoms with E-state index in [1.807, 2.05) is 6.33 Å². The van der Waals surface area contributed by atoms with Crippen LogP contribution in [0.1, 0.15) is 36.6 Å². The molecule has 0 amide bonds. The lowest BCUT2D eigenvalue weighted by Crippen LogP contribution is -2.40. The number of imidazole rings is 1. The van der Waals surface area contributed by atoms with E-state index in [9.17, 15) is 9.90 Å². The fourth-order valence-corrected chi connectivity index (χ4v) is 4.36. The topological polar surface area (TPSA) is 76.8 Å². The zero-order chi connectivity index (χ0) is 17.2. The van der Waals surface area contributed by atoms with Gasteiger partial charge in [0.2, 0.25) is 0 Å². The summed E-state index contributed by atoms with van der Waals surface area (Å²) in [6.45, 7) is 6.30. The highest BCUT2D eigenvalue weighted by molar-refractivity contribution is 5.76. The molecule has 138 valence electrons. The van der Waals surface area contributed by atoms with Crippen molar-refractivity contribution in [2.75, 3.05) is 39.5 Å². The summed E-state index contributed by atoms with van der Waals surface area (Å²) in [5, 5.41) is 9.80. The van der Waals surface area contributed by atoms with Crippen molar-refractivity contribution in [3.63, 3.8) is 0 Å². The number of carboxylic acid groups (broad SMARTS) is 1. The van der Waals surface area contributed by atoms with Crippen LogP contribution >= 0.6 is 0 Å². The van der Waals surface area contributed by atoms with Crippen LogP contribution in [0, 0.1) is 11.8 Å². The van der Waals surface area contributed by atoms with Crippen LogP contribution in [0.3, 0.4) is 0 Å². The molecule has 1 N–H and O–H groups in total. The summed E-state index contributed by atoms with van der Waals surface area (Å²) < 4.78 is 13.0. The van der Waals surface area contributed by atoms with Crippen LogP contribution in [-0.2, 0) is 27.4 Å². The summed E-state index contributed by atoms with van der Waals surface area (Å²) in [7, 11) is 0. The number of rotatable bonds is 5. The van der Waals surface area contributed by atoms with Gasteiger partial charge < -0.3 is 19.1 Å². The first kappa shape index (κ1) is 17.0. The quantitative estimate of drug-likeness (QED) is 0.864. The van der Waals surface area contributed by atoms with Crippen LogP contribution in [0.5, 0.6) is 0 Å². The number of ether oxygens (including phenoxy) is 2. The first-order valence-corrected chi connectivity index (χ1v) is 9.35. The van der Waals surface area contributed by atoms with Gasteiger partial charge in [0.1, 0.15) is 5.92 Å². The number of aliphatic carboxylic acids is 1. The Balaban J connectivity index is 1.50. The molecular formula is C18H27N3O4. The molecule has 0 radical (unpaired) electrons. The van der Waals surface area contributed by atoms with E-state index in [-0.39, 0.29) is 0 Å². The van der Waals surface area contributed by atoms with E-state index in [1.165, 1.54) is 0 Å². The van der Waals surface area contributed by atoms with Crippen LogP contribution in [0.15, 0.2) is 6.33 Å². The zero-order valence-corrected chi connectivity index (χ0v) is 14.6. The number of carboxylic acids is 1. The van der Waals surface area contributed by atoms with E-state index >= 15 is 0 Å². The molecule has 25 heavy (non-hydrogen) atoms. The van der Waals surface area contributed by atoms with Crippen LogP contribution in [0.2, 0.25) is 0 Å². The monoisotopic (exact) mass is 349 g/mol. The van der Waals surface area contributed by atoms with E-state index in [0.717, 1.165) is 76.7 Å². The van der Waals surface area contributed by atoms with E-state index in [1.54, 1.807) is 0 Å². The SMILES string of the molecule is O=C(O)[C@H]1CN(C[C@@H]2CCOC2)Cc2ncn(CC3CCOCC3)c21. The molecule has 7 heteroatoms. The number of carbonyl (C=O) groups is 1. The average Bonchev–Trinajstić information content (AvgIpc) is 3.25. The van der Waals surface area contributed by atoms with Gasteiger partial charge in [0.25, 0.3) is 0 Å². The Morgan fingerprint density at radius 1 is 1.16 bits per heavy atom. The number of hydrogen-bond acceptors (Lipinski definition) is 5. The first-order valence-electron chi connectivity index (χ1n) is 9.35. The minimum absolute atomic E-state index is 0.492. The molecule has 4 rings (SSSR count). The second-order valence-electron chi connectivity index (χ2n) is 7.60. The molecule has 0 aliphatic carbocycles. The largest absolute Gasteiger partial charge is 0.481 e. The molecule has 1 aromatic rings. The second-order valence-corrected chi connectivity index (χ2v) is 7.60. The predicted molar refractivity (Wildman–Crippen MR) is 90.3 cm³/mol. The normalized spacial score (nSPS) is 28.2. The predicted octanol–water partition coefficient (Wildman–Crippen LogP) is 1.33. The van der Waals surface area contributed by atoms with Gasteiger partial charge in [-0.15, -0.1) is 0 Å². The van der Waals surface area contributed by atoms with E-state index < -0.39 is 11.9 Å². The van der Waals surface area contributed by atoms with Gasteiger partial charge >= 0.3 is 5.97 Å². The lowest BCUT2D eigenvalue weighted by Gasteiger charge is -2.33. The maximum atomic E-state index is 11.9. The molecule has 0 aromatic carbocycles. The third-order valence-corrected chi connectivity index (χ3v) is 5.74. The third kappa shape index (κ3) is 3.73. The van der Waals surface area contributed by atoms with Crippen LogP contribution in [-0.4, -0.2) is 65.0 Å². The van der Waals surface area contributed by atoms with Gasteiger partial charge in [0.15, 0.2) is 0 Å². The standard InChI is InChI=1S/C18H27N3O4/c22-18(23)15-9-20(7-14-3-6-25-11-14)10-16-17(15)21(12-19-16)8-13-1-4-24-5-2-13/h12-15H,1-11H2,(H,22,23)/t14-,15-/m0/s1. The molecule has 4 heterocycles. The van der Waals surface area contributed by atoms with Crippen molar-refractivity contribution in [1.29, 1.82) is 0 Å². The molecule has 0 bridgehead atoms. The molecule has 3 aliphatic heterocycles. The van der Waals surface area contributed by atoms with Crippen LogP contribution in [0.25, 0.3) is 0 Å². The molecule has 2 atom stereocenters. The van der Waals surface area contributed by atoms with Crippen molar-refractivity contribution in [2.45, 2.75) is 38.3 Å². The van der Waals surface area contributed by atoms with Crippen LogP contribution < -0.4 is 0 Å². The van der Waals surface area contributed by atoms with Gasteiger partial charge in [-0.2, -0.15) is 0 Å². The molecule has 0 saturated carbocycles. The first-order chi connectivity index (χ1) is 12.2. The van der Waals surface area contributed by atoms with Gasteiger partial charge in [-0.25, -0.2) is 4.98 Å². The summed E-state index contributed by atoms with van der Waals surface area (Å²) in [5.41, 5.74) is 1.85. The van der Waals surface area contributed by atoms with Crippen LogP contribution in [0.4, 0.5) is 0 Å². The Morgan fingerprint density at radius 2 is 1.92 bits per heavy atom. The minimum atomic E-state index is -0.748. The second kappa shape index (κ2) is 7.43. The number of aromatic nitrogens is 2. The molecule has 3 aliphatic rings. The maximum absolute atomic E-state index is 11.9. The molecular weight excluding hydrogens is 322 g/mol. The molecule has 2 fully saturated rings. The Labute approximate surface area is 147 Å². The van der Waals surface area contributed by atoms with E-state index in [2.05, 4.69) is 14.5 Å². The fraction of sp³-hybridized carbons (Fsp3) is 0.778. The average molecular weight is 349 g/mol. The maximum Gasteiger partial charge on any atom is 0.313 e. The summed E-state index contributed by atoms with van der Waals surface area (Å²) >= 11 is 0. The Morgan fingerprint density at radius 3 is 2.64 bits per heavy atom. The van der Waals surface area contributed by atoms with Crippen molar-refractivity contribution in [1.82, 2.24) is 14.5 Å². The van der Waals surface area contributed by atoms with Gasteiger partial charge in [0.05, 0.1) is 24.3 Å². The zero-order valence-electron chi connectivity index (χ0n) is 14.6. The summed E-state index contributed by atoms with van der Waals surface area (Å²) in [5.74, 6) is -0.175. The summed E-state index contributed by atoms with van der Waals surface area (Å²) in [4.78, 5) is 18.7. The van der Waals surface area contributed by atoms with Crippen molar-refractivity contribution >= 4 is 5.97 Å². The highest BCUT2D eigenvalue weighted by Gasteiger charge is 2.35. The molecule has 1 aromatic heterocycles. The summed E-state index contributed by atoms with van der Waals surface area (Å²) in [6, 6.07) is 0. The molecule has 0 unspecified atom stereocenters. The van der Waals surface area contributed by atoms with E-state index in [0.29, 0.717) is 18.4 Å². The van der Waals surface area contributed by atoms with Gasteiger partial charge in [-0.3, -0.25) is 9.69 Å². The van der Waals surface area contributed by atoms with Crippen molar-refractivity contribution < 1.29 is 19.4 Å². The molecule has 2 saturated heterocycles. The Kier molecular flexibility index (Phi) is 5.05. The number of hydrogen-bond donors (Lipinski definition) is 1. The highest BCUT2D eigenvalue weighted by Crippen LogP contribution is 2.31. The third-order valence-electron chi connectivity index (χ3n) is 5.74. The van der Waals surface area contributed by atoms with E-state index in [4.69, 9.17) is 9.47 Å². The number of nitrogens with zero attached hydrogens (tertiary/aromatic N) is 3. The summed E-state index contributed by atoms with van der Waals surface area (Å²) in [6.07, 6.45) is 4.99. The molecule has 7 nitrogen and oxygen atoms in total. The smallest absolute Gasteiger partial charge is 0.313 e. The van der Waals surface area contributed by atoms with Crippen molar-refractivity contribution in [3.8, 4) is 0 Å². The van der Waals surface area contributed by atoms with Gasteiger partial charge in [-0.05, 0) is 31.1 Å². The Bertz CT molecular complexity index is 605. The Hall–Kier alpha value is -1.44. The van der Waals surface area contributed by atoms with Crippen molar-refractivity contribution in [2.24, 2.45) is 11.8 Å². The highest BCUT2D eigenvalue weighted by atomic mass is 16.5. The fourth-order valence-electron chi connectivity index (χ4n) is 4.36. The van der Waals surface area contributed by atoms with Gasteiger partial charge in [-0.1, -0.05) is 0 Å². The molecule has 0 spiro atoms.